The molecule has 0 atom stereocenters. The van der Waals surface area contributed by atoms with Crippen LogP contribution in [0.15, 0.2) is 34.7 Å². The second kappa shape index (κ2) is 10.1. The summed E-state index contributed by atoms with van der Waals surface area (Å²) in [5.41, 5.74) is 1.20. The van der Waals surface area contributed by atoms with Crippen molar-refractivity contribution in [3.05, 3.63) is 41.9 Å². The van der Waals surface area contributed by atoms with Gasteiger partial charge >= 0.3 is 0 Å². The van der Waals surface area contributed by atoms with Gasteiger partial charge in [0, 0.05) is 57.8 Å². The Balaban J connectivity index is 1.50. The third kappa shape index (κ3) is 5.06. The number of nitrogens with zero attached hydrogens (tertiary/aromatic N) is 2. The van der Waals surface area contributed by atoms with Gasteiger partial charge in [-0.2, -0.15) is 0 Å². The Labute approximate surface area is 201 Å². The molecule has 1 N–H and O–H groups in total. The third-order valence-electron chi connectivity index (χ3n) is 7.06. The molecule has 2 amide bonds. The zero-order valence-electron chi connectivity index (χ0n) is 20.6. The minimum absolute atomic E-state index is 0.161. The first-order chi connectivity index (χ1) is 16.3. The van der Waals surface area contributed by atoms with E-state index in [-0.39, 0.29) is 28.9 Å². The van der Waals surface area contributed by atoms with E-state index >= 15 is 0 Å². The summed E-state index contributed by atoms with van der Waals surface area (Å²) in [6.45, 7) is 4.92. The van der Waals surface area contributed by atoms with Crippen molar-refractivity contribution in [3.8, 4) is 5.75 Å². The molecule has 0 spiro atoms. The number of carbonyl (C=O) groups is 2. The molecule has 0 saturated carbocycles. The number of piperidine rings is 1. The summed E-state index contributed by atoms with van der Waals surface area (Å²) in [5, 5.41) is 3.02. The van der Waals surface area contributed by atoms with Crippen LogP contribution in [0.25, 0.3) is 0 Å². The maximum Gasteiger partial charge on any atom is 0.291 e. The van der Waals surface area contributed by atoms with Crippen LogP contribution < -0.4 is 15.0 Å². The number of carbonyl (C=O) groups excluding carboxylic acids is 2. The van der Waals surface area contributed by atoms with E-state index in [0.29, 0.717) is 11.4 Å². The Morgan fingerprint density at radius 3 is 2.47 bits per heavy atom. The summed E-state index contributed by atoms with van der Waals surface area (Å²) in [7, 11) is 5.21. The average molecular weight is 470 g/mol. The Morgan fingerprint density at radius 1 is 1.12 bits per heavy atom. The predicted molar refractivity (Wildman–Crippen MR) is 131 cm³/mol. The minimum atomic E-state index is -0.370. The molecule has 3 heterocycles. The first-order valence-electron chi connectivity index (χ1n) is 11.9. The van der Waals surface area contributed by atoms with Gasteiger partial charge < -0.3 is 29.0 Å². The summed E-state index contributed by atoms with van der Waals surface area (Å²) in [6.07, 6.45) is 3.30. The molecule has 184 valence electrons. The fraction of sp³-hybridized carbons (Fsp3) is 0.538. The number of hydrogen-bond acceptors (Lipinski definition) is 6. The molecule has 2 aromatic rings. The monoisotopic (exact) mass is 469 g/mol. The lowest BCUT2D eigenvalue weighted by Gasteiger charge is -2.41. The molecule has 2 aliphatic rings. The first-order valence-corrected chi connectivity index (χ1v) is 11.9. The van der Waals surface area contributed by atoms with Crippen LogP contribution >= 0.6 is 0 Å². The molecule has 8 nitrogen and oxygen atoms in total. The van der Waals surface area contributed by atoms with E-state index in [0.717, 1.165) is 63.4 Å². The van der Waals surface area contributed by atoms with E-state index in [2.05, 4.69) is 10.2 Å². The van der Waals surface area contributed by atoms with Crippen molar-refractivity contribution < 1.29 is 23.5 Å². The van der Waals surface area contributed by atoms with Gasteiger partial charge in [-0.1, -0.05) is 6.92 Å². The second-order valence-corrected chi connectivity index (χ2v) is 9.67. The molecule has 0 bridgehead atoms. The number of amides is 2. The van der Waals surface area contributed by atoms with Crippen molar-refractivity contribution in [2.24, 2.45) is 5.41 Å². The van der Waals surface area contributed by atoms with Crippen LogP contribution in [-0.4, -0.2) is 64.2 Å². The lowest BCUT2D eigenvalue weighted by molar-refractivity contribution is -0.139. The lowest BCUT2D eigenvalue weighted by Crippen LogP contribution is -2.47. The number of furan rings is 1. The lowest BCUT2D eigenvalue weighted by atomic mass is 9.79. The molecular weight excluding hydrogens is 434 g/mol. The van der Waals surface area contributed by atoms with Crippen LogP contribution in [0, 0.1) is 5.41 Å². The van der Waals surface area contributed by atoms with Gasteiger partial charge in [0.15, 0.2) is 5.76 Å². The van der Waals surface area contributed by atoms with E-state index in [1.54, 1.807) is 32.2 Å². The quantitative estimate of drug-likeness (QED) is 0.685. The highest BCUT2D eigenvalue weighted by Crippen LogP contribution is 2.38. The summed E-state index contributed by atoms with van der Waals surface area (Å²) >= 11 is 0. The van der Waals surface area contributed by atoms with Crippen molar-refractivity contribution in [2.75, 3.05) is 57.7 Å². The van der Waals surface area contributed by atoms with Crippen molar-refractivity contribution >= 4 is 23.2 Å². The molecule has 8 heteroatoms. The topological polar surface area (TPSA) is 84.2 Å². The normalized spacial score (nSPS) is 18.4. The van der Waals surface area contributed by atoms with Crippen LogP contribution in [-0.2, 0) is 9.53 Å². The number of hydrogen-bond donors (Lipinski definition) is 1. The maximum absolute atomic E-state index is 13.1. The van der Waals surface area contributed by atoms with Crippen LogP contribution in [0.4, 0.5) is 11.4 Å². The fourth-order valence-electron chi connectivity index (χ4n) is 4.87. The molecule has 1 aromatic carbocycles. The molecule has 34 heavy (non-hydrogen) atoms. The molecule has 2 aliphatic heterocycles. The van der Waals surface area contributed by atoms with Gasteiger partial charge in [-0.05, 0) is 49.9 Å². The van der Waals surface area contributed by atoms with Crippen molar-refractivity contribution in [1.82, 2.24) is 4.90 Å². The Morgan fingerprint density at radius 2 is 1.82 bits per heavy atom. The van der Waals surface area contributed by atoms with Crippen molar-refractivity contribution in [2.45, 2.75) is 38.5 Å². The molecule has 1 aromatic heterocycles. The summed E-state index contributed by atoms with van der Waals surface area (Å²) in [5.74, 6) is 1.94. The second-order valence-electron chi connectivity index (χ2n) is 9.67. The Bertz CT molecular complexity index is 1020. The molecular formula is C26H35N3O5. The van der Waals surface area contributed by atoms with Gasteiger partial charge in [0.05, 0.1) is 18.5 Å². The number of methoxy groups -OCH3 is 1. The number of benzene rings is 1. The standard InChI is InChI=1S/C26H35N3O5/c1-26(25(31)28(2)3)11-13-29(14-12-26)21-6-5-19(32-4)17-20(21)27-24(30)23-8-7-22(34-23)18-9-15-33-16-10-18/h5-8,17-18H,9-16H2,1-4H3,(H,27,30). The fourth-order valence-corrected chi connectivity index (χ4v) is 4.87. The largest absolute Gasteiger partial charge is 0.497 e. The van der Waals surface area contributed by atoms with Gasteiger partial charge in [-0.15, -0.1) is 0 Å². The first kappa shape index (κ1) is 24.1. The van der Waals surface area contributed by atoms with E-state index in [1.165, 1.54) is 0 Å². The highest BCUT2D eigenvalue weighted by atomic mass is 16.5. The van der Waals surface area contributed by atoms with Crippen molar-refractivity contribution in [3.63, 3.8) is 0 Å². The van der Waals surface area contributed by atoms with Crippen molar-refractivity contribution in [1.29, 1.82) is 0 Å². The Kier molecular flexibility index (Phi) is 7.16. The summed E-state index contributed by atoms with van der Waals surface area (Å²) in [4.78, 5) is 29.6. The SMILES string of the molecule is COc1ccc(N2CCC(C)(C(=O)N(C)C)CC2)c(NC(=O)c2ccc(C3CCOCC3)o2)c1. The minimum Gasteiger partial charge on any atom is -0.497 e. The van der Waals surface area contributed by atoms with Gasteiger partial charge in [-0.3, -0.25) is 9.59 Å². The molecule has 0 unspecified atom stereocenters. The van der Waals surface area contributed by atoms with Crippen LogP contribution in [0.2, 0.25) is 0 Å². The summed E-state index contributed by atoms with van der Waals surface area (Å²) < 4.78 is 16.8. The zero-order valence-corrected chi connectivity index (χ0v) is 20.6. The van der Waals surface area contributed by atoms with E-state index in [9.17, 15) is 9.59 Å². The Hall–Kier alpha value is -3.00. The highest BCUT2D eigenvalue weighted by molar-refractivity contribution is 6.04. The number of ether oxygens (including phenoxy) is 2. The third-order valence-corrected chi connectivity index (χ3v) is 7.06. The number of anilines is 2. The predicted octanol–water partition coefficient (Wildman–Crippen LogP) is 4.13. The van der Waals surface area contributed by atoms with Crippen LogP contribution in [0.5, 0.6) is 5.75 Å². The molecule has 2 saturated heterocycles. The maximum atomic E-state index is 13.1. The summed E-state index contributed by atoms with van der Waals surface area (Å²) in [6, 6.07) is 9.30. The average Bonchev–Trinajstić information content (AvgIpc) is 3.35. The molecule has 2 fully saturated rings. The zero-order chi connectivity index (χ0) is 24.3. The highest BCUT2D eigenvalue weighted by Gasteiger charge is 2.38. The van der Waals surface area contributed by atoms with E-state index < -0.39 is 0 Å². The van der Waals surface area contributed by atoms with Gasteiger partial charge in [0.2, 0.25) is 5.91 Å². The van der Waals surface area contributed by atoms with Crippen LogP contribution in [0.3, 0.4) is 0 Å². The molecule has 0 radical (unpaired) electrons. The van der Waals surface area contributed by atoms with Gasteiger partial charge in [-0.25, -0.2) is 0 Å². The van der Waals surface area contributed by atoms with Gasteiger partial charge in [0.25, 0.3) is 5.91 Å². The van der Waals surface area contributed by atoms with E-state index in [4.69, 9.17) is 13.9 Å². The number of rotatable bonds is 6. The molecule has 0 aliphatic carbocycles. The number of nitrogens with one attached hydrogen (secondary N) is 1. The molecule has 4 rings (SSSR count). The van der Waals surface area contributed by atoms with E-state index in [1.807, 2.05) is 31.2 Å². The van der Waals surface area contributed by atoms with Gasteiger partial charge in [0.1, 0.15) is 11.5 Å². The smallest absolute Gasteiger partial charge is 0.291 e. The van der Waals surface area contributed by atoms with Crippen LogP contribution in [0.1, 0.15) is 54.8 Å².